The molecule has 5 atom stereocenters. The Hall–Kier alpha value is -0.920. The number of fused-ring (bicyclic) bond motifs is 1. The maximum Gasteiger partial charge on any atom is 0.330 e. The third kappa shape index (κ3) is 1.19. The fourth-order valence-corrected chi connectivity index (χ4v) is 4.55. The molecule has 0 saturated carbocycles. The van der Waals surface area contributed by atoms with Gasteiger partial charge in [0.05, 0.1) is 18.2 Å². The zero-order valence-electron chi connectivity index (χ0n) is 8.33. The summed E-state index contributed by atoms with van der Waals surface area (Å²) in [4.78, 5) is 11.1. The molecule has 0 aromatic rings. The Morgan fingerprint density at radius 3 is 3.00 bits per heavy atom. The molecule has 0 aromatic carbocycles. The minimum absolute atomic E-state index is 0.311. The van der Waals surface area contributed by atoms with Crippen molar-refractivity contribution in [3.63, 3.8) is 0 Å². The smallest absolute Gasteiger partial charge is 0.330 e. The van der Waals surface area contributed by atoms with Crippen LogP contribution >= 0.6 is 0 Å². The van der Waals surface area contributed by atoms with Crippen LogP contribution in [0.2, 0.25) is 0 Å². The van der Waals surface area contributed by atoms with Crippen LogP contribution in [0.4, 0.5) is 0 Å². The van der Waals surface area contributed by atoms with Crippen molar-refractivity contribution in [3.8, 4) is 0 Å². The van der Waals surface area contributed by atoms with Crippen LogP contribution in [-0.2, 0) is 24.3 Å². The molecule has 7 heteroatoms. The Labute approximate surface area is 92.7 Å². The van der Waals surface area contributed by atoms with Crippen molar-refractivity contribution in [1.82, 2.24) is 4.72 Å². The minimum atomic E-state index is -3.30. The predicted octanol–water partition coefficient (Wildman–Crippen LogP) is -1.07. The molecule has 5 unspecified atom stereocenters. The Balaban J connectivity index is 1.86. The average Bonchev–Trinajstić information content (AvgIpc) is 2.81. The molecular formula is C9H11NO5S. The van der Waals surface area contributed by atoms with E-state index >= 15 is 0 Å². The first-order valence-corrected chi connectivity index (χ1v) is 6.57. The molecule has 3 saturated heterocycles. The molecule has 3 aliphatic rings. The molecule has 1 N–H and O–H groups in total. The summed E-state index contributed by atoms with van der Waals surface area (Å²) in [5.74, 6) is -0.552. The number of ether oxygens (including phenoxy) is 2. The standard InChI is InChI=1S/C9H11NO5S/c1-2-6(11)15-8-4-3-5-9(14-4)7(8)10-16(5,12)13/h2,4-5,7-10H,1,3H2. The molecule has 0 spiro atoms. The largest absolute Gasteiger partial charge is 0.455 e. The fraction of sp³-hybridized carbons (Fsp3) is 0.667. The molecule has 3 rings (SSSR count). The van der Waals surface area contributed by atoms with Gasteiger partial charge < -0.3 is 9.47 Å². The lowest BCUT2D eigenvalue weighted by molar-refractivity contribution is -0.146. The van der Waals surface area contributed by atoms with Gasteiger partial charge in [0.1, 0.15) is 11.4 Å². The molecule has 0 aliphatic carbocycles. The summed E-state index contributed by atoms with van der Waals surface area (Å²) in [5.41, 5.74) is 0. The third-order valence-corrected chi connectivity index (χ3v) is 5.21. The van der Waals surface area contributed by atoms with Crippen LogP contribution < -0.4 is 4.72 Å². The van der Waals surface area contributed by atoms with Crippen LogP contribution in [0.3, 0.4) is 0 Å². The van der Waals surface area contributed by atoms with Gasteiger partial charge in [-0.1, -0.05) is 6.58 Å². The summed E-state index contributed by atoms with van der Waals surface area (Å²) >= 11 is 0. The van der Waals surface area contributed by atoms with Crippen LogP contribution in [0.1, 0.15) is 6.42 Å². The lowest BCUT2D eigenvalue weighted by Gasteiger charge is -2.22. The van der Waals surface area contributed by atoms with Gasteiger partial charge in [-0.2, -0.15) is 0 Å². The van der Waals surface area contributed by atoms with E-state index in [4.69, 9.17) is 9.47 Å². The SMILES string of the molecule is C=CC(=O)OC1C2CC3C(O2)C1NS3(=O)=O. The molecule has 3 heterocycles. The molecule has 16 heavy (non-hydrogen) atoms. The Bertz CT molecular complexity index is 459. The van der Waals surface area contributed by atoms with Gasteiger partial charge in [-0.3, -0.25) is 0 Å². The number of rotatable bonds is 2. The molecule has 0 radical (unpaired) electrons. The van der Waals surface area contributed by atoms with Gasteiger partial charge in [-0.25, -0.2) is 17.9 Å². The normalized spacial score (nSPS) is 46.9. The van der Waals surface area contributed by atoms with Gasteiger partial charge in [0, 0.05) is 6.08 Å². The van der Waals surface area contributed by atoms with E-state index in [1.165, 1.54) is 0 Å². The number of sulfonamides is 1. The fourth-order valence-electron chi connectivity index (χ4n) is 2.70. The quantitative estimate of drug-likeness (QED) is 0.494. The summed E-state index contributed by atoms with van der Waals surface area (Å²) in [6.07, 6.45) is 0.244. The van der Waals surface area contributed by atoms with Crippen LogP contribution in [-0.4, -0.2) is 44.0 Å². The van der Waals surface area contributed by atoms with E-state index in [0.717, 1.165) is 6.08 Å². The van der Waals surface area contributed by atoms with Crippen molar-refractivity contribution >= 4 is 16.0 Å². The maximum atomic E-state index is 11.6. The van der Waals surface area contributed by atoms with Crippen molar-refractivity contribution < 1.29 is 22.7 Å². The average molecular weight is 245 g/mol. The second kappa shape index (κ2) is 3.06. The maximum absolute atomic E-state index is 11.6. The predicted molar refractivity (Wildman–Crippen MR) is 53.0 cm³/mol. The number of carbonyl (C=O) groups is 1. The Morgan fingerprint density at radius 2 is 2.31 bits per heavy atom. The number of hydrogen-bond acceptors (Lipinski definition) is 5. The first-order chi connectivity index (χ1) is 7.53. The van der Waals surface area contributed by atoms with E-state index in [1.54, 1.807) is 0 Å². The van der Waals surface area contributed by atoms with E-state index in [1.807, 2.05) is 0 Å². The molecule has 88 valence electrons. The van der Waals surface area contributed by atoms with Crippen molar-refractivity contribution in [2.45, 2.75) is 36.0 Å². The molecule has 2 bridgehead atoms. The molecule has 0 amide bonds. The highest BCUT2D eigenvalue weighted by molar-refractivity contribution is 7.90. The first-order valence-electron chi connectivity index (χ1n) is 5.02. The highest BCUT2D eigenvalue weighted by atomic mass is 32.2. The van der Waals surface area contributed by atoms with Crippen LogP contribution in [0.15, 0.2) is 12.7 Å². The van der Waals surface area contributed by atoms with Crippen LogP contribution in [0.25, 0.3) is 0 Å². The monoisotopic (exact) mass is 245 g/mol. The number of nitrogens with one attached hydrogen (secondary N) is 1. The van der Waals surface area contributed by atoms with Gasteiger partial charge in [-0.05, 0) is 6.42 Å². The number of carbonyl (C=O) groups excluding carboxylic acids is 1. The van der Waals surface area contributed by atoms with E-state index in [0.29, 0.717) is 6.42 Å². The van der Waals surface area contributed by atoms with Gasteiger partial charge in [-0.15, -0.1) is 0 Å². The van der Waals surface area contributed by atoms with Crippen molar-refractivity contribution in [1.29, 1.82) is 0 Å². The van der Waals surface area contributed by atoms with E-state index < -0.39 is 33.4 Å². The van der Waals surface area contributed by atoms with Gasteiger partial charge in [0.15, 0.2) is 0 Å². The summed E-state index contributed by atoms with van der Waals surface area (Å²) in [6.45, 7) is 3.30. The second-order valence-corrected chi connectivity index (χ2v) is 6.14. The zero-order valence-corrected chi connectivity index (χ0v) is 9.14. The van der Waals surface area contributed by atoms with E-state index in [9.17, 15) is 13.2 Å². The van der Waals surface area contributed by atoms with Crippen molar-refractivity contribution in [2.75, 3.05) is 0 Å². The molecule has 6 nitrogen and oxygen atoms in total. The third-order valence-electron chi connectivity index (χ3n) is 3.36. The Morgan fingerprint density at radius 1 is 1.56 bits per heavy atom. The highest BCUT2D eigenvalue weighted by Crippen LogP contribution is 2.44. The van der Waals surface area contributed by atoms with Crippen LogP contribution in [0.5, 0.6) is 0 Å². The number of hydrogen-bond donors (Lipinski definition) is 1. The Kier molecular flexibility index (Phi) is 1.96. The lowest BCUT2D eigenvalue weighted by Crippen LogP contribution is -2.44. The van der Waals surface area contributed by atoms with E-state index in [-0.39, 0.29) is 12.2 Å². The topological polar surface area (TPSA) is 81.7 Å². The summed E-state index contributed by atoms with van der Waals surface area (Å²) in [6, 6.07) is -0.433. The summed E-state index contributed by atoms with van der Waals surface area (Å²) in [7, 11) is -3.30. The highest BCUT2D eigenvalue weighted by Gasteiger charge is 2.65. The first kappa shape index (κ1) is 10.2. The molecule has 3 fully saturated rings. The van der Waals surface area contributed by atoms with Crippen molar-refractivity contribution in [3.05, 3.63) is 12.7 Å². The summed E-state index contributed by atoms with van der Waals surface area (Å²) < 4.78 is 36.4. The number of esters is 1. The van der Waals surface area contributed by atoms with E-state index in [2.05, 4.69) is 11.3 Å². The molecule has 0 aromatic heterocycles. The van der Waals surface area contributed by atoms with Gasteiger partial charge in [0.25, 0.3) is 0 Å². The van der Waals surface area contributed by atoms with Gasteiger partial charge in [0.2, 0.25) is 10.0 Å². The second-order valence-electron chi connectivity index (χ2n) is 4.21. The zero-order chi connectivity index (χ0) is 11.5. The van der Waals surface area contributed by atoms with Crippen molar-refractivity contribution in [2.24, 2.45) is 0 Å². The minimum Gasteiger partial charge on any atom is -0.455 e. The summed E-state index contributed by atoms with van der Waals surface area (Å²) in [5, 5.41) is -0.485. The van der Waals surface area contributed by atoms with Crippen LogP contribution in [0, 0.1) is 0 Å². The molecule has 3 aliphatic heterocycles. The lowest BCUT2D eigenvalue weighted by atomic mass is 9.93. The molecular weight excluding hydrogens is 234 g/mol. The van der Waals surface area contributed by atoms with Gasteiger partial charge >= 0.3 is 5.97 Å².